The Bertz CT molecular complexity index is 835. The Hall–Kier alpha value is -1.68. The molecule has 1 aromatic carbocycles. The van der Waals surface area contributed by atoms with Crippen molar-refractivity contribution < 1.29 is 19.4 Å². The molecule has 30 heavy (non-hydrogen) atoms. The van der Waals surface area contributed by atoms with Crippen molar-refractivity contribution in [3.63, 3.8) is 0 Å². The number of benzene rings is 1. The van der Waals surface area contributed by atoms with E-state index in [0.29, 0.717) is 41.4 Å². The summed E-state index contributed by atoms with van der Waals surface area (Å²) in [6.07, 6.45) is 6.61. The van der Waals surface area contributed by atoms with Gasteiger partial charge in [0.25, 0.3) is 0 Å². The normalized spacial score (nSPS) is 45.2. The fourth-order valence-corrected chi connectivity index (χ4v) is 7.99. The fraction of sp³-hybridized carbons (Fsp3) is 0.692. The van der Waals surface area contributed by atoms with Gasteiger partial charge in [-0.05, 0) is 74.3 Å². The third-order valence-corrected chi connectivity index (χ3v) is 9.67. The fourth-order valence-electron chi connectivity index (χ4n) is 7.99. The standard InChI is InChI=1S/C26H34O4/c1-25-13-12-21-19(20(25)10-11-22(25)28)9-8-17-14-18(27)15-23(26(17,21)2)30-24(29)16-6-4-3-5-7-16/h3-7,17-21,23,27H,8-15H2,1-2H3/t17-,18-,19-,20-,21-,23?,25-,26-/m0/s1. The lowest BCUT2D eigenvalue weighted by atomic mass is 9.44. The summed E-state index contributed by atoms with van der Waals surface area (Å²) in [7, 11) is 0. The van der Waals surface area contributed by atoms with Crippen LogP contribution in [-0.4, -0.2) is 29.1 Å². The minimum Gasteiger partial charge on any atom is -0.458 e. The van der Waals surface area contributed by atoms with E-state index in [1.54, 1.807) is 12.1 Å². The van der Waals surface area contributed by atoms with Crippen LogP contribution in [0.25, 0.3) is 0 Å². The molecule has 4 aliphatic carbocycles. The lowest BCUT2D eigenvalue weighted by Gasteiger charge is -2.61. The minimum atomic E-state index is -0.407. The molecular weight excluding hydrogens is 376 g/mol. The lowest BCUT2D eigenvalue weighted by Crippen LogP contribution is -2.60. The van der Waals surface area contributed by atoms with Gasteiger partial charge in [0.2, 0.25) is 0 Å². The molecule has 4 fully saturated rings. The largest absolute Gasteiger partial charge is 0.458 e. The van der Waals surface area contributed by atoms with Crippen LogP contribution in [0.2, 0.25) is 0 Å². The van der Waals surface area contributed by atoms with Crippen LogP contribution in [0.1, 0.15) is 75.6 Å². The highest BCUT2D eigenvalue weighted by Crippen LogP contribution is 2.65. The van der Waals surface area contributed by atoms with Crippen molar-refractivity contribution in [2.45, 2.75) is 77.4 Å². The van der Waals surface area contributed by atoms with E-state index in [1.165, 1.54) is 0 Å². The minimum absolute atomic E-state index is 0.125. The molecule has 0 bridgehead atoms. The molecule has 162 valence electrons. The number of fused-ring (bicyclic) bond motifs is 5. The molecular formula is C26H34O4. The molecule has 4 heteroatoms. The van der Waals surface area contributed by atoms with Crippen molar-refractivity contribution in [1.29, 1.82) is 0 Å². The molecule has 0 heterocycles. The van der Waals surface area contributed by atoms with Crippen molar-refractivity contribution in [2.75, 3.05) is 0 Å². The second kappa shape index (κ2) is 7.19. The molecule has 4 aliphatic rings. The molecule has 1 N–H and O–H groups in total. The number of esters is 1. The second-order valence-electron chi connectivity index (χ2n) is 10.8. The lowest BCUT2D eigenvalue weighted by molar-refractivity contribution is -0.180. The van der Waals surface area contributed by atoms with Gasteiger partial charge < -0.3 is 9.84 Å². The first-order valence-electron chi connectivity index (χ1n) is 11.8. The van der Waals surface area contributed by atoms with E-state index in [0.717, 1.165) is 44.9 Å². The van der Waals surface area contributed by atoms with Gasteiger partial charge in [-0.3, -0.25) is 4.79 Å². The van der Waals surface area contributed by atoms with E-state index < -0.39 is 6.10 Å². The predicted octanol–water partition coefficient (Wildman–Crippen LogP) is 4.79. The summed E-state index contributed by atoms with van der Waals surface area (Å²) in [6, 6.07) is 9.19. The van der Waals surface area contributed by atoms with E-state index in [9.17, 15) is 14.7 Å². The van der Waals surface area contributed by atoms with Crippen LogP contribution in [0, 0.1) is 34.5 Å². The highest BCUT2D eigenvalue weighted by Gasteiger charge is 2.63. The number of aliphatic hydroxyl groups is 1. The number of carbonyl (C=O) groups is 2. The van der Waals surface area contributed by atoms with Gasteiger partial charge in [-0.1, -0.05) is 32.0 Å². The molecule has 1 unspecified atom stereocenters. The summed E-state index contributed by atoms with van der Waals surface area (Å²) in [5.41, 5.74) is 0.302. The summed E-state index contributed by atoms with van der Waals surface area (Å²) >= 11 is 0. The van der Waals surface area contributed by atoms with Crippen LogP contribution in [0.15, 0.2) is 30.3 Å². The topological polar surface area (TPSA) is 63.6 Å². The van der Waals surface area contributed by atoms with Crippen LogP contribution in [-0.2, 0) is 9.53 Å². The zero-order chi connectivity index (χ0) is 21.1. The van der Waals surface area contributed by atoms with E-state index in [4.69, 9.17) is 4.74 Å². The third-order valence-electron chi connectivity index (χ3n) is 9.67. The Kier molecular flexibility index (Phi) is 4.85. The number of rotatable bonds is 2. The molecule has 0 aromatic heterocycles. The first-order chi connectivity index (χ1) is 14.3. The molecule has 0 spiro atoms. The summed E-state index contributed by atoms with van der Waals surface area (Å²) in [6.45, 7) is 4.53. The van der Waals surface area contributed by atoms with Gasteiger partial charge in [0.15, 0.2) is 0 Å². The van der Waals surface area contributed by atoms with Crippen molar-refractivity contribution in [2.24, 2.45) is 34.5 Å². The van der Waals surface area contributed by atoms with E-state index in [2.05, 4.69) is 13.8 Å². The van der Waals surface area contributed by atoms with Crippen LogP contribution in [0.5, 0.6) is 0 Å². The van der Waals surface area contributed by atoms with Gasteiger partial charge in [0.05, 0.1) is 11.7 Å². The van der Waals surface area contributed by atoms with Gasteiger partial charge in [-0.15, -0.1) is 0 Å². The first kappa shape index (κ1) is 20.2. The van der Waals surface area contributed by atoms with E-state index in [-0.39, 0.29) is 22.9 Å². The number of ether oxygens (including phenoxy) is 1. The Morgan fingerprint density at radius 3 is 2.57 bits per heavy atom. The highest BCUT2D eigenvalue weighted by molar-refractivity contribution is 5.89. The average Bonchev–Trinajstić information content (AvgIpc) is 3.04. The molecule has 5 rings (SSSR count). The molecule has 0 aliphatic heterocycles. The van der Waals surface area contributed by atoms with Gasteiger partial charge in [0, 0.05) is 23.7 Å². The summed E-state index contributed by atoms with van der Waals surface area (Å²) in [4.78, 5) is 25.6. The van der Waals surface area contributed by atoms with Crippen molar-refractivity contribution >= 4 is 11.8 Å². The number of Topliss-reactive ketones (excluding diaryl/α,β-unsaturated/α-hetero) is 1. The van der Waals surface area contributed by atoms with Gasteiger partial charge in [0.1, 0.15) is 11.9 Å². The quantitative estimate of drug-likeness (QED) is 0.712. The van der Waals surface area contributed by atoms with E-state index >= 15 is 0 Å². The van der Waals surface area contributed by atoms with Crippen LogP contribution < -0.4 is 0 Å². The Morgan fingerprint density at radius 1 is 1.03 bits per heavy atom. The van der Waals surface area contributed by atoms with Crippen LogP contribution in [0.4, 0.5) is 0 Å². The summed E-state index contributed by atoms with van der Waals surface area (Å²) < 4.78 is 6.16. The average molecular weight is 411 g/mol. The third kappa shape index (κ3) is 2.90. The predicted molar refractivity (Wildman–Crippen MR) is 114 cm³/mol. The van der Waals surface area contributed by atoms with Gasteiger partial charge in [-0.2, -0.15) is 0 Å². The SMILES string of the molecule is C[C@]12C(OC(=O)c3ccccc3)C[C@@H](O)C[C@@H]1CC[C@@H]1[C@@H]2CC[C@]2(C)C(=O)CC[C@@H]12. The molecule has 0 saturated heterocycles. The molecule has 0 radical (unpaired) electrons. The van der Waals surface area contributed by atoms with Crippen LogP contribution in [0.3, 0.4) is 0 Å². The summed E-state index contributed by atoms with van der Waals surface area (Å²) in [5.74, 6) is 2.01. The number of carbonyl (C=O) groups excluding carboxylic acids is 2. The molecule has 4 saturated carbocycles. The van der Waals surface area contributed by atoms with Gasteiger partial charge in [-0.25, -0.2) is 4.79 Å². The molecule has 8 atom stereocenters. The smallest absolute Gasteiger partial charge is 0.338 e. The second-order valence-corrected chi connectivity index (χ2v) is 10.8. The van der Waals surface area contributed by atoms with Crippen LogP contribution >= 0.6 is 0 Å². The zero-order valence-electron chi connectivity index (χ0n) is 18.2. The zero-order valence-corrected chi connectivity index (χ0v) is 18.2. The molecule has 1 aromatic rings. The Morgan fingerprint density at radius 2 is 1.80 bits per heavy atom. The van der Waals surface area contributed by atoms with Crippen molar-refractivity contribution in [1.82, 2.24) is 0 Å². The molecule has 0 amide bonds. The monoisotopic (exact) mass is 410 g/mol. The maximum Gasteiger partial charge on any atom is 0.338 e. The Balaban J connectivity index is 1.45. The number of hydrogen-bond acceptors (Lipinski definition) is 4. The maximum absolute atomic E-state index is 12.9. The van der Waals surface area contributed by atoms with Crippen molar-refractivity contribution in [3.05, 3.63) is 35.9 Å². The van der Waals surface area contributed by atoms with Gasteiger partial charge >= 0.3 is 5.97 Å². The van der Waals surface area contributed by atoms with Crippen molar-refractivity contribution in [3.8, 4) is 0 Å². The molecule has 4 nitrogen and oxygen atoms in total. The van der Waals surface area contributed by atoms with E-state index in [1.807, 2.05) is 18.2 Å². The maximum atomic E-state index is 12.9. The number of hydrogen-bond donors (Lipinski definition) is 1. The highest BCUT2D eigenvalue weighted by atomic mass is 16.5. The first-order valence-corrected chi connectivity index (χ1v) is 11.8. The summed E-state index contributed by atoms with van der Waals surface area (Å²) in [5, 5.41) is 10.6. The Labute approximate surface area is 179 Å². The number of aliphatic hydroxyl groups excluding tert-OH is 1. The number of ketones is 1.